The van der Waals surface area contributed by atoms with E-state index in [2.05, 4.69) is 27.7 Å². The van der Waals surface area contributed by atoms with E-state index < -0.39 is 6.17 Å². The molecule has 0 aromatic heterocycles. The van der Waals surface area contributed by atoms with E-state index in [0.29, 0.717) is 41.4 Å². The average molecular weight is 407 g/mol. The second-order valence-corrected chi connectivity index (χ2v) is 11.9. The first kappa shape index (κ1) is 21.6. The molecular weight excluding hydrogens is 363 g/mol. The first-order chi connectivity index (χ1) is 13.7. The molecule has 4 saturated carbocycles. The fourth-order valence-corrected chi connectivity index (χ4v) is 9.01. The number of fused-ring (bicyclic) bond motifs is 5. The number of hydrogen-bond acceptors (Lipinski definition) is 2. The van der Waals surface area contributed by atoms with Crippen LogP contribution in [0.5, 0.6) is 0 Å². The van der Waals surface area contributed by atoms with Crippen molar-refractivity contribution in [2.75, 3.05) is 7.11 Å². The van der Waals surface area contributed by atoms with Gasteiger partial charge in [0.15, 0.2) is 0 Å². The van der Waals surface area contributed by atoms with E-state index in [1.165, 1.54) is 52.1 Å². The standard InChI is InChI=1S/C26H43FO2/c1-16-10-12-25(3)18(14-16)15-22(27)24-20-8-7-19(17(2)6-9-23(28)29-5)26(20,4)13-11-21(24)25/h16-22,24H,6-15H2,1-5H3/t16-,17-,18+,19?,20+,21+,22?,24+,25+,26-/m1/s1. The molecule has 4 fully saturated rings. The lowest BCUT2D eigenvalue weighted by atomic mass is 9.43. The van der Waals surface area contributed by atoms with E-state index >= 15 is 4.39 Å². The first-order valence-electron chi connectivity index (χ1n) is 12.4. The number of carbonyl (C=O) groups excluding carboxylic acids is 1. The predicted octanol–water partition coefficient (Wildman–Crippen LogP) is 6.82. The Morgan fingerprint density at radius 2 is 1.76 bits per heavy atom. The van der Waals surface area contributed by atoms with Crippen LogP contribution in [-0.4, -0.2) is 19.3 Å². The summed E-state index contributed by atoms with van der Waals surface area (Å²) >= 11 is 0. The molecule has 0 aromatic rings. The largest absolute Gasteiger partial charge is 0.469 e. The van der Waals surface area contributed by atoms with Gasteiger partial charge in [-0.15, -0.1) is 0 Å². The number of rotatable bonds is 4. The summed E-state index contributed by atoms with van der Waals surface area (Å²) in [5.41, 5.74) is 0.627. The van der Waals surface area contributed by atoms with Crippen LogP contribution in [0.25, 0.3) is 0 Å². The highest BCUT2D eigenvalue weighted by molar-refractivity contribution is 5.69. The second-order valence-electron chi connectivity index (χ2n) is 11.9. The topological polar surface area (TPSA) is 26.3 Å². The summed E-state index contributed by atoms with van der Waals surface area (Å²) in [6, 6.07) is 0. The Hall–Kier alpha value is -0.600. The van der Waals surface area contributed by atoms with Gasteiger partial charge in [0.25, 0.3) is 0 Å². The van der Waals surface area contributed by atoms with E-state index in [1.807, 2.05) is 0 Å². The normalized spacial score (nSPS) is 50.2. The van der Waals surface area contributed by atoms with Gasteiger partial charge in [0.2, 0.25) is 0 Å². The minimum Gasteiger partial charge on any atom is -0.469 e. The van der Waals surface area contributed by atoms with Crippen LogP contribution in [0.2, 0.25) is 0 Å². The van der Waals surface area contributed by atoms with Crippen LogP contribution in [0.15, 0.2) is 0 Å². The Balaban J connectivity index is 1.53. The highest BCUT2D eigenvalue weighted by Crippen LogP contribution is 2.69. The molecule has 0 spiro atoms. The van der Waals surface area contributed by atoms with Gasteiger partial charge < -0.3 is 4.74 Å². The molecular formula is C26H43FO2. The summed E-state index contributed by atoms with van der Waals surface area (Å²) in [6.07, 6.45) is 10.4. The average Bonchev–Trinajstić information content (AvgIpc) is 3.04. The highest BCUT2D eigenvalue weighted by atomic mass is 19.1. The zero-order valence-electron chi connectivity index (χ0n) is 19.4. The maximum Gasteiger partial charge on any atom is 0.305 e. The molecule has 0 aliphatic heterocycles. The molecule has 29 heavy (non-hydrogen) atoms. The molecule has 0 heterocycles. The fraction of sp³-hybridized carbons (Fsp3) is 0.962. The van der Waals surface area contributed by atoms with Crippen LogP contribution < -0.4 is 0 Å². The summed E-state index contributed by atoms with van der Waals surface area (Å²) in [5.74, 6) is 3.83. The van der Waals surface area contributed by atoms with Crippen molar-refractivity contribution in [1.29, 1.82) is 0 Å². The minimum atomic E-state index is -0.600. The molecule has 0 saturated heterocycles. The van der Waals surface area contributed by atoms with Gasteiger partial charge in [-0.1, -0.05) is 34.1 Å². The maximum absolute atomic E-state index is 15.8. The molecule has 10 atom stereocenters. The van der Waals surface area contributed by atoms with Gasteiger partial charge >= 0.3 is 5.97 Å². The van der Waals surface area contributed by atoms with Crippen LogP contribution in [-0.2, 0) is 9.53 Å². The third-order valence-electron chi connectivity index (χ3n) is 10.7. The Bertz CT molecular complexity index is 620. The molecule has 4 aliphatic carbocycles. The SMILES string of the molecule is COC(=O)CC[C@@H](C)C1CC[C@H]2[C@@H]3C(F)C[C@@H]4C[C@H](C)CC[C@]4(C)[C@H]3CC[C@]12C. The summed E-state index contributed by atoms with van der Waals surface area (Å²) in [7, 11) is 1.48. The quantitative estimate of drug-likeness (QED) is 0.479. The monoisotopic (exact) mass is 406 g/mol. The van der Waals surface area contributed by atoms with Crippen LogP contribution >= 0.6 is 0 Å². The third kappa shape index (κ3) is 3.47. The fourth-order valence-electron chi connectivity index (χ4n) is 9.01. The van der Waals surface area contributed by atoms with Crippen molar-refractivity contribution in [3.05, 3.63) is 0 Å². The maximum atomic E-state index is 15.8. The Morgan fingerprint density at radius 1 is 1.07 bits per heavy atom. The van der Waals surface area contributed by atoms with Crippen LogP contribution in [0.3, 0.4) is 0 Å². The number of halogens is 1. The van der Waals surface area contributed by atoms with Crippen LogP contribution in [0.4, 0.5) is 4.39 Å². The van der Waals surface area contributed by atoms with Crippen molar-refractivity contribution >= 4 is 5.97 Å². The zero-order valence-corrected chi connectivity index (χ0v) is 19.4. The second kappa shape index (κ2) is 7.83. The lowest BCUT2D eigenvalue weighted by Crippen LogP contribution is -2.57. The molecule has 3 heteroatoms. The number of ether oxygens (including phenoxy) is 1. The first-order valence-corrected chi connectivity index (χ1v) is 12.4. The van der Waals surface area contributed by atoms with Gasteiger partial charge in [0.05, 0.1) is 7.11 Å². The van der Waals surface area contributed by atoms with Gasteiger partial charge in [-0.25, -0.2) is 4.39 Å². The Labute approximate surface area is 177 Å². The molecule has 0 bridgehead atoms. The van der Waals surface area contributed by atoms with E-state index in [9.17, 15) is 4.79 Å². The number of esters is 1. The number of carbonyl (C=O) groups is 1. The molecule has 2 nitrogen and oxygen atoms in total. The van der Waals surface area contributed by atoms with Crippen molar-refractivity contribution in [2.24, 2.45) is 52.3 Å². The van der Waals surface area contributed by atoms with Gasteiger partial charge in [0.1, 0.15) is 6.17 Å². The van der Waals surface area contributed by atoms with Gasteiger partial charge in [-0.2, -0.15) is 0 Å². The van der Waals surface area contributed by atoms with Gasteiger partial charge in [-0.05, 0) is 104 Å². The van der Waals surface area contributed by atoms with E-state index in [0.717, 1.165) is 18.8 Å². The molecule has 2 unspecified atom stereocenters. The van der Waals surface area contributed by atoms with Crippen molar-refractivity contribution in [1.82, 2.24) is 0 Å². The van der Waals surface area contributed by atoms with Gasteiger partial charge in [-0.3, -0.25) is 4.79 Å². The minimum absolute atomic E-state index is 0.0955. The Morgan fingerprint density at radius 3 is 2.48 bits per heavy atom. The van der Waals surface area contributed by atoms with Crippen molar-refractivity contribution in [3.8, 4) is 0 Å². The van der Waals surface area contributed by atoms with Crippen LogP contribution in [0, 0.1) is 52.3 Å². The Kier molecular flexibility index (Phi) is 5.84. The van der Waals surface area contributed by atoms with E-state index in [1.54, 1.807) is 0 Å². The van der Waals surface area contributed by atoms with E-state index in [-0.39, 0.29) is 17.3 Å². The summed E-state index contributed by atoms with van der Waals surface area (Å²) < 4.78 is 20.6. The van der Waals surface area contributed by atoms with Crippen molar-refractivity contribution in [3.63, 3.8) is 0 Å². The number of methoxy groups -OCH3 is 1. The predicted molar refractivity (Wildman–Crippen MR) is 115 cm³/mol. The van der Waals surface area contributed by atoms with Crippen molar-refractivity contribution in [2.45, 2.75) is 98.1 Å². The molecule has 4 aliphatic rings. The molecule has 166 valence electrons. The third-order valence-corrected chi connectivity index (χ3v) is 10.7. The van der Waals surface area contributed by atoms with Gasteiger partial charge in [0, 0.05) is 6.42 Å². The lowest BCUT2D eigenvalue weighted by Gasteiger charge is -2.62. The van der Waals surface area contributed by atoms with Crippen LogP contribution in [0.1, 0.15) is 91.9 Å². The summed E-state index contributed by atoms with van der Waals surface area (Å²) in [6.45, 7) is 9.70. The smallest absolute Gasteiger partial charge is 0.305 e. The van der Waals surface area contributed by atoms with E-state index in [4.69, 9.17) is 4.74 Å². The summed E-state index contributed by atoms with van der Waals surface area (Å²) in [4.78, 5) is 11.6. The number of alkyl halides is 1. The van der Waals surface area contributed by atoms with Crippen molar-refractivity contribution < 1.29 is 13.9 Å². The lowest BCUT2D eigenvalue weighted by molar-refractivity contribution is -0.151. The molecule has 0 radical (unpaired) electrons. The molecule has 0 N–H and O–H groups in total. The molecule has 0 aromatic carbocycles. The molecule has 4 rings (SSSR count). The summed E-state index contributed by atoms with van der Waals surface area (Å²) in [5, 5.41) is 0. The highest BCUT2D eigenvalue weighted by Gasteiger charge is 2.63. The number of hydrogen-bond donors (Lipinski definition) is 0. The molecule has 0 amide bonds. The zero-order chi connectivity index (χ0) is 21.0.